The Hall–Kier alpha value is -1.23. The predicted molar refractivity (Wildman–Crippen MR) is 81.5 cm³/mol. The van der Waals surface area contributed by atoms with Gasteiger partial charge in [-0.1, -0.05) is 35.3 Å². The maximum Gasteiger partial charge on any atom is 0.141 e. The molecule has 2 aromatic rings. The molecule has 0 unspecified atom stereocenters. The van der Waals surface area contributed by atoms with E-state index in [4.69, 9.17) is 33.7 Å². The van der Waals surface area contributed by atoms with E-state index in [9.17, 15) is 0 Å². The second-order valence-corrected chi connectivity index (χ2v) is 5.31. The second-order valence-electron chi connectivity index (χ2n) is 4.53. The zero-order valence-corrected chi connectivity index (χ0v) is 13.0. The number of benzene rings is 1. The van der Waals surface area contributed by atoms with Crippen molar-refractivity contribution in [3.05, 3.63) is 45.2 Å². The second kappa shape index (κ2) is 6.48. The third-order valence-corrected chi connectivity index (χ3v) is 3.87. The Morgan fingerprint density at radius 3 is 2.70 bits per heavy atom. The normalized spacial score (nSPS) is 10.8. The van der Waals surface area contributed by atoms with Gasteiger partial charge in [0.1, 0.15) is 12.4 Å². The first kappa shape index (κ1) is 15.2. The molecule has 0 radical (unpaired) electrons. The number of aryl methyl sites for hydroxylation is 2. The van der Waals surface area contributed by atoms with E-state index >= 15 is 0 Å². The van der Waals surface area contributed by atoms with Crippen molar-refractivity contribution in [1.82, 2.24) is 9.78 Å². The highest BCUT2D eigenvalue weighted by atomic mass is 35.5. The lowest BCUT2D eigenvalue weighted by atomic mass is 10.1. The number of aromatic nitrogens is 2. The van der Waals surface area contributed by atoms with Crippen LogP contribution in [0.5, 0.6) is 5.75 Å². The first-order chi connectivity index (χ1) is 9.54. The average molecular weight is 314 g/mol. The van der Waals surface area contributed by atoms with E-state index in [0.29, 0.717) is 35.4 Å². The molecule has 1 aromatic carbocycles. The van der Waals surface area contributed by atoms with Gasteiger partial charge in [-0.05, 0) is 31.5 Å². The Bertz CT molecular complexity index is 611. The van der Waals surface area contributed by atoms with Crippen molar-refractivity contribution in [2.45, 2.75) is 20.0 Å². The summed E-state index contributed by atoms with van der Waals surface area (Å²) < 4.78 is 7.57. The summed E-state index contributed by atoms with van der Waals surface area (Å²) >= 11 is 12.4. The minimum atomic E-state index is 0.317. The van der Waals surface area contributed by atoms with Crippen molar-refractivity contribution >= 4 is 23.2 Å². The monoisotopic (exact) mass is 313 g/mol. The largest absolute Gasteiger partial charge is 0.485 e. The van der Waals surface area contributed by atoms with Crippen LogP contribution >= 0.6 is 23.2 Å². The van der Waals surface area contributed by atoms with Gasteiger partial charge in [0.25, 0.3) is 0 Å². The van der Waals surface area contributed by atoms with Gasteiger partial charge in [0.2, 0.25) is 0 Å². The van der Waals surface area contributed by atoms with Gasteiger partial charge < -0.3 is 10.5 Å². The van der Waals surface area contributed by atoms with Crippen LogP contribution in [-0.4, -0.2) is 16.3 Å². The van der Waals surface area contributed by atoms with E-state index < -0.39 is 0 Å². The summed E-state index contributed by atoms with van der Waals surface area (Å²) in [5.41, 5.74) is 8.21. The van der Waals surface area contributed by atoms with Gasteiger partial charge in [-0.15, -0.1) is 0 Å². The molecule has 0 saturated carbocycles. The molecule has 4 nitrogen and oxygen atoms in total. The predicted octanol–water partition coefficient (Wildman–Crippen LogP) is 3.12. The van der Waals surface area contributed by atoms with E-state index in [0.717, 1.165) is 17.0 Å². The summed E-state index contributed by atoms with van der Waals surface area (Å²) in [5, 5.41) is 5.46. The highest BCUT2D eigenvalue weighted by Gasteiger charge is 2.14. The molecule has 0 aliphatic carbocycles. The molecule has 20 heavy (non-hydrogen) atoms. The van der Waals surface area contributed by atoms with Crippen molar-refractivity contribution in [3.8, 4) is 5.75 Å². The Kier molecular flexibility index (Phi) is 4.91. The summed E-state index contributed by atoms with van der Waals surface area (Å²) in [7, 11) is 1.84. The molecule has 108 valence electrons. The zero-order valence-electron chi connectivity index (χ0n) is 11.5. The highest BCUT2D eigenvalue weighted by Crippen LogP contribution is 2.30. The average Bonchev–Trinajstić information content (AvgIpc) is 2.64. The van der Waals surface area contributed by atoms with Crippen LogP contribution in [0.3, 0.4) is 0 Å². The maximum atomic E-state index is 6.20. The van der Waals surface area contributed by atoms with Gasteiger partial charge in [0.15, 0.2) is 0 Å². The standard InChI is InChI=1S/C14H17Cl2N3O/c1-9-13(16)12(19(2)18-9)8-20-14-10(6-7-17)4-3-5-11(14)15/h3-5H,6-8,17H2,1-2H3. The Balaban J connectivity index is 2.22. The molecule has 0 aliphatic rings. The van der Waals surface area contributed by atoms with E-state index in [1.54, 1.807) is 10.7 Å². The van der Waals surface area contributed by atoms with Gasteiger partial charge in [-0.25, -0.2) is 0 Å². The molecular weight excluding hydrogens is 297 g/mol. The summed E-state index contributed by atoms with van der Waals surface area (Å²) in [4.78, 5) is 0. The van der Waals surface area contributed by atoms with Crippen molar-refractivity contribution in [3.63, 3.8) is 0 Å². The summed E-state index contributed by atoms with van der Waals surface area (Å²) in [6.45, 7) is 2.72. The SMILES string of the molecule is Cc1nn(C)c(COc2c(Cl)cccc2CCN)c1Cl. The van der Waals surface area contributed by atoms with Gasteiger partial charge in [0, 0.05) is 7.05 Å². The van der Waals surface area contributed by atoms with Crippen LogP contribution in [0, 0.1) is 6.92 Å². The zero-order chi connectivity index (χ0) is 14.7. The lowest BCUT2D eigenvalue weighted by molar-refractivity contribution is 0.292. The molecule has 2 rings (SSSR count). The molecule has 6 heteroatoms. The highest BCUT2D eigenvalue weighted by molar-refractivity contribution is 6.32. The third kappa shape index (κ3) is 3.08. The van der Waals surface area contributed by atoms with E-state index in [-0.39, 0.29) is 0 Å². The number of nitrogens with two attached hydrogens (primary N) is 1. The van der Waals surface area contributed by atoms with Gasteiger partial charge in [-0.3, -0.25) is 4.68 Å². The number of hydrogen-bond donors (Lipinski definition) is 1. The molecule has 0 amide bonds. The quantitative estimate of drug-likeness (QED) is 0.922. The molecule has 2 N–H and O–H groups in total. The maximum absolute atomic E-state index is 6.20. The Morgan fingerprint density at radius 2 is 2.10 bits per heavy atom. The fraction of sp³-hybridized carbons (Fsp3) is 0.357. The Labute approximate surface area is 128 Å². The minimum Gasteiger partial charge on any atom is -0.485 e. The molecular formula is C14H17Cl2N3O. The fourth-order valence-electron chi connectivity index (χ4n) is 2.04. The van der Waals surface area contributed by atoms with Crippen molar-refractivity contribution in [2.24, 2.45) is 12.8 Å². The van der Waals surface area contributed by atoms with E-state index in [1.807, 2.05) is 26.1 Å². The summed E-state index contributed by atoms with van der Waals surface area (Å²) in [5.74, 6) is 0.662. The first-order valence-corrected chi connectivity index (χ1v) is 7.08. The first-order valence-electron chi connectivity index (χ1n) is 6.32. The van der Waals surface area contributed by atoms with Gasteiger partial charge in [-0.2, -0.15) is 5.10 Å². The van der Waals surface area contributed by atoms with Crippen LogP contribution in [-0.2, 0) is 20.1 Å². The fourth-order valence-corrected chi connectivity index (χ4v) is 2.51. The van der Waals surface area contributed by atoms with Crippen LogP contribution in [0.1, 0.15) is 17.0 Å². The minimum absolute atomic E-state index is 0.317. The molecule has 0 saturated heterocycles. The van der Waals surface area contributed by atoms with Crippen molar-refractivity contribution in [1.29, 1.82) is 0 Å². The Morgan fingerprint density at radius 1 is 1.35 bits per heavy atom. The van der Waals surface area contributed by atoms with E-state index in [1.165, 1.54) is 0 Å². The van der Waals surface area contributed by atoms with Crippen LogP contribution in [0.25, 0.3) is 0 Å². The molecule has 1 aromatic heterocycles. The van der Waals surface area contributed by atoms with Crippen LogP contribution in [0.15, 0.2) is 18.2 Å². The molecule has 1 heterocycles. The lowest BCUT2D eigenvalue weighted by Crippen LogP contribution is -2.08. The van der Waals surface area contributed by atoms with Gasteiger partial charge in [0.05, 0.1) is 21.4 Å². The van der Waals surface area contributed by atoms with Crippen LogP contribution in [0.2, 0.25) is 10.0 Å². The number of rotatable bonds is 5. The van der Waals surface area contributed by atoms with E-state index in [2.05, 4.69) is 5.10 Å². The van der Waals surface area contributed by atoms with Crippen molar-refractivity contribution in [2.75, 3.05) is 6.54 Å². The smallest absolute Gasteiger partial charge is 0.141 e. The van der Waals surface area contributed by atoms with Gasteiger partial charge >= 0.3 is 0 Å². The number of halogens is 2. The number of hydrogen-bond acceptors (Lipinski definition) is 3. The molecule has 0 fully saturated rings. The molecule has 0 atom stereocenters. The summed E-state index contributed by atoms with van der Waals surface area (Å²) in [6, 6.07) is 5.65. The van der Waals surface area contributed by atoms with Crippen LogP contribution in [0.4, 0.5) is 0 Å². The summed E-state index contributed by atoms with van der Waals surface area (Å²) in [6.07, 6.45) is 0.716. The molecule has 0 aliphatic heterocycles. The third-order valence-electron chi connectivity index (χ3n) is 3.08. The number of para-hydroxylation sites is 1. The van der Waals surface area contributed by atoms with Crippen molar-refractivity contribution < 1.29 is 4.74 Å². The molecule has 0 spiro atoms. The lowest BCUT2D eigenvalue weighted by Gasteiger charge is -2.13. The molecule has 0 bridgehead atoms. The van der Waals surface area contributed by atoms with Crippen LogP contribution < -0.4 is 10.5 Å². The topological polar surface area (TPSA) is 53.1 Å². The number of nitrogens with zero attached hydrogens (tertiary/aromatic N) is 2. The number of ether oxygens (including phenoxy) is 1.